The molecule has 0 saturated heterocycles. The van der Waals surface area contributed by atoms with Crippen molar-refractivity contribution in [3.63, 3.8) is 0 Å². The van der Waals surface area contributed by atoms with Crippen LogP contribution < -0.4 is 10.1 Å². The zero-order valence-electron chi connectivity index (χ0n) is 13.8. The molecule has 1 amide bonds. The molecule has 1 rings (SSSR count). The number of carbonyl (C=O) groups is 1. The van der Waals surface area contributed by atoms with Crippen molar-refractivity contribution < 1.29 is 19.4 Å². The predicted molar refractivity (Wildman–Crippen MR) is 92.2 cm³/mol. The van der Waals surface area contributed by atoms with Crippen LogP contribution in [-0.2, 0) is 9.53 Å². The van der Waals surface area contributed by atoms with Crippen LogP contribution in [0.2, 0.25) is 5.02 Å². The molecule has 2 N–H and O–H groups in total. The maximum atomic E-state index is 11.9. The van der Waals surface area contributed by atoms with Gasteiger partial charge in [0.05, 0.1) is 17.7 Å². The molecule has 0 saturated carbocycles. The summed E-state index contributed by atoms with van der Waals surface area (Å²) in [5, 5.41) is 12.4. The summed E-state index contributed by atoms with van der Waals surface area (Å²) in [6, 6.07) is 5.17. The molecule has 1 aromatic carbocycles. The van der Waals surface area contributed by atoms with Gasteiger partial charge in [-0.05, 0) is 38.0 Å². The zero-order chi connectivity index (χ0) is 17.1. The minimum atomic E-state index is -0.268. The van der Waals surface area contributed by atoms with Crippen LogP contribution in [0, 0.1) is 0 Å². The summed E-state index contributed by atoms with van der Waals surface area (Å²) < 4.78 is 10.4. The fourth-order valence-electron chi connectivity index (χ4n) is 2.06. The Hall–Kier alpha value is -1.30. The molecule has 130 valence electrons. The molecule has 0 bridgehead atoms. The molecule has 0 aromatic heterocycles. The van der Waals surface area contributed by atoms with Gasteiger partial charge in [0, 0.05) is 19.2 Å². The maximum Gasteiger partial charge on any atom is 0.224 e. The molecule has 1 unspecified atom stereocenters. The molecular weight excluding hydrogens is 318 g/mol. The van der Waals surface area contributed by atoms with Crippen LogP contribution in [0.3, 0.4) is 0 Å². The molecule has 0 aliphatic rings. The Balaban J connectivity index is 2.33. The lowest BCUT2D eigenvalue weighted by atomic mass is 10.1. The zero-order valence-corrected chi connectivity index (χ0v) is 14.6. The van der Waals surface area contributed by atoms with E-state index in [1.165, 1.54) is 0 Å². The van der Waals surface area contributed by atoms with Gasteiger partial charge in [-0.25, -0.2) is 0 Å². The number of amides is 1. The highest BCUT2D eigenvalue weighted by molar-refractivity contribution is 6.32. The van der Waals surface area contributed by atoms with Crippen molar-refractivity contribution in [2.75, 3.05) is 25.6 Å². The molecule has 6 heteroatoms. The monoisotopic (exact) mass is 343 g/mol. The highest BCUT2D eigenvalue weighted by atomic mass is 35.5. The quantitative estimate of drug-likeness (QED) is 0.602. The number of ether oxygens (including phenoxy) is 2. The number of halogens is 1. The van der Waals surface area contributed by atoms with Crippen molar-refractivity contribution in [3.05, 3.63) is 23.2 Å². The van der Waals surface area contributed by atoms with Crippen molar-refractivity contribution in [2.24, 2.45) is 0 Å². The lowest BCUT2D eigenvalue weighted by Gasteiger charge is -2.10. The van der Waals surface area contributed by atoms with E-state index in [2.05, 4.69) is 5.32 Å². The lowest BCUT2D eigenvalue weighted by Crippen LogP contribution is -2.11. The van der Waals surface area contributed by atoms with E-state index in [1.807, 2.05) is 0 Å². The van der Waals surface area contributed by atoms with Gasteiger partial charge in [0.15, 0.2) is 0 Å². The van der Waals surface area contributed by atoms with Crippen molar-refractivity contribution in [2.45, 2.75) is 45.1 Å². The summed E-state index contributed by atoms with van der Waals surface area (Å²) in [5.41, 5.74) is 0.656. The van der Waals surface area contributed by atoms with Gasteiger partial charge in [-0.3, -0.25) is 4.79 Å². The first-order valence-corrected chi connectivity index (χ1v) is 8.30. The van der Waals surface area contributed by atoms with Gasteiger partial charge in [0.2, 0.25) is 5.91 Å². The predicted octanol–water partition coefficient (Wildman–Crippen LogP) is 3.64. The van der Waals surface area contributed by atoms with E-state index in [-0.39, 0.29) is 12.0 Å². The van der Waals surface area contributed by atoms with Crippen LogP contribution in [0.5, 0.6) is 5.75 Å². The van der Waals surface area contributed by atoms with Gasteiger partial charge >= 0.3 is 0 Å². The topological polar surface area (TPSA) is 67.8 Å². The maximum absolute atomic E-state index is 11.9. The largest absolute Gasteiger partial charge is 0.490 e. The van der Waals surface area contributed by atoms with Crippen LogP contribution in [0.15, 0.2) is 18.2 Å². The van der Waals surface area contributed by atoms with Crippen LogP contribution in [0.1, 0.15) is 39.0 Å². The van der Waals surface area contributed by atoms with E-state index in [0.717, 1.165) is 25.7 Å². The highest BCUT2D eigenvalue weighted by Gasteiger charge is 2.07. The van der Waals surface area contributed by atoms with Crippen molar-refractivity contribution >= 4 is 23.2 Å². The fraction of sp³-hybridized carbons (Fsp3) is 0.588. The molecule has 0 aliphatic carbocycles. The molecule has 1 atom stereocenters. The second-order valence-corrected chi connectivity index (χ2v) is 5.89. The highest BCUT2D eigenvalue weighted by Crippen LogP contribution is 2.27. The number of anilines is 1. The number of unbranched alkanes of at least 4 members (excludes halogenated alkanes) is 2. The first-order valence-electron chi connectivity index (χ1n) is 7.92. The first kappa shape index (κ1) is 19.7. The summed E-state index contributed by atoms with van der Waals surface area (Å²) in [4.78, 5) is 11.9. The van der Waals surface area contributed by atoms with Gasteiger partial charge in [-0.2, -0.15) is 0 Å². The number of rotatable bonds is 11. The van der Waals surface area contributed by atoms with E-state index >= 15 is 0 Å². The summed E-state index contributed by atoms with van der Waals surface area (Å²) >= 11 is 6.13. The molecular formula is C17H26ClNO4. The van der Waals surface area contributed by atoms with Crippen molar-refractivity contribution in [1.29, 1.82) is 0 Å². The van der Waals surface area contributed by atoms with Gasteiger partial charge in [-0.15, -0.1) is 0 Å². The van der Waals surface area contributed by atoms with Crippen LogP contribution in [-0.4, -0.2) is 37.4 Å². The minimum Gasteiger partial charge on any atom is -0.490 e. The van der Waals surface area contributed by atoms with Gasteiger partial charge in [-0.1, -0.05) is 24.4 Å². The second kappa shape index (κ2) is 11.3. The average molecular weight is 344 g/mol. The molecule has 0 aliphatic heterocycles. The van der Waals surface area contributed by atoms with Crippen LogP contribution in [0.25, 0.3) is 0 Å². The van der Waals surface area contributed by atoms with Crippen LogP contribution in [0.4, 0.5) is 5.69 Å². The third kappa shape index (κ3) is 8.79. The summed E-state index contributed by atoms with van der Waals surface area (Å²) in [6.07, 6.45) is 3.65. The summed E-state index contributed by atoms with van der Waals surface area (Å²) in [7, 11) is 1.61. The first-order chi connectivity index (χ1) is 11.0. The van der Waals surface area contributed by atoms with Gasteiger partial charge in [0.1, 0.15) is 12.4 Å². The molecule has 0 heterocycles. The van der Waals surface area contributed by atoms with E-state index in [4.69, 9.17) is 26.2 Å². The number of hydrogen-bond acceptors (Lipinski definition) is 4. The van der Waals surface area contributed by atoms with Crippen molar-refractivity contribution in [3.8, 4) is 5.75 Å². The Kier molecular flexibility index (Phi) is 9.67. The number of nitrogens with one attached hydrogen (secondary N) is 1. The number of methoxy groups -OCH3 is 1. The van der Waals surface area contributed by atoms with E-state index in [1.54, 1.807) is 32.2 Å². The molecule has 0 spiro atoms. The van der Waals surface area contributed by atoms with E-state index in [9.17, 15) is 4.79 Å². The van der Waals surface area contributed by atoms with Crippen molar-refractivity contribution in [1.82, 2.24) is 0 Å². The van der Waals surface area contributed by atoms with Gasteiger partial charge < -0.3 is 19.9 Å². The summed E-state index contributed by atoms with van der Waals surface area (Å²) in [5.74, 6) is 0.533. The number of hydrogen-bond donors (Lipinski definition) is 2. The number of carbonyl (C=O) groups excluding carboxylic acids is 1. The Morgan fingerprint density at radius 3 is 2.74 bits per heavy atom. The van der Waals surface area contributed by atoms with Gasteiger partial charge in [0.25, 0.3) is 0 Å². The SMILES string of the molecule is COCCOc1ccc(NC(=O)CCCCCC(C)O)cc1Cl. The molecule has 5 nitrogen and oxygen atoms in total. The molecule has 0 radical (unpaired) electrons. The normalized spacial score (nSPS) is 12.0. The Morgan fingerprint density at radius 2 is 2.09 bits per heavy atom. The third-order valence-electron chi connectivity index (χ3n) is 3.29. The van der Waals surface area contributed by atoms with E-state index < -0.39 is 0 Å². The lowest BCUT2D eigenvalue weighted by molar-refractivity contribution is -0.116. The number of aliphatic hydroxyl groups is 1. The molecule has 0 fully saturated rings. The number of aliphatic hydroxyl groups excluding tert-OH is 1. The molecule has 23 heavy (non-hydrogen) atoms. The second-order valence-electron chi connectivity index (χ2n) is 5.48. The van der Waals surface area contributed by atoms with E-state index in [0.29, 0.717) is 36.1 Å². The molecule has 1 aromatic rings. The van der Waals surface area contributed by atoms with Crippen LogP contribution >= 0.6 is 11.6 Å². The fourth-order valence-corrected chi connectivity index (χ4v) is 2.29. The minimum absolute atomic E-state index is 0.0360. The summed E-state index contributed by atoms with van der Waals surface area (Å²) in [6.45, 7) is 2.69. The number of benzene rings is 1. The Morgan fingerprint density at radius 1 is 1.30 bits per heavy atom. The smallest absolute Gasteiger partial charge is 0.224 e. The average Bonchev–Trinajstić information content (AvgIpc) is 2.49. The Labute approximate surface area is 142 Å². The standard InChI is InChI=1S/C17H26ClNO4/c1-13(20)6-4-3-5-7-17(21)19-14-8-9-16(15(18)12-14)23-11-10-22-2/h8-9,12-13,20H,3-7,10-11H2,1-2H3,(H,19,21). The Bertz CT molecular complexity index is 480. The third-order valence-corrected chi connectivity index (χ3v) is 3.58.